The predicted octanol–water partition coefficient (Wildman–Crippen LogP) is 2.53. The summed E-state index contributed by atoms with van der Waals surface area (Å²) in [7, 11) is 0. The minimum absolute atomic E-state index is 0.107. The van der Waals surface area contributed by atoms with E-state index in [2.05, 4.69) is 0 Å². The summed E-state index contributed by atoms with van der Waals surface area (Å²) in [5.41, 5.74) is 4.34. The van der Waals surface area contributed by atoms with Crippen molar-refractivity contribution in [3.8, 4) is 0 Å². The fourth-order valence-corrected chi connectivity index (χ4v) is 1.70. The van der Waals surface area contributed by atoms with Crippen LogP contribution >= 0.6 is 11.8 Å². The average Bonchev–Trinajstić information content (AvgIpc) is 2.15. The van der Waals surface area contributed by atoms with E-state index in [4.69, 9.17) is 5.73 Å². The van der Waals surface area contributed by atoms with Crippen LogP contribution in [-0.2, 0) is 6.18 Å². The third kappa shape index (κ3) is 2.65. The minimum Gasteiger partial charge on any atom is -0.366 e. The van der Waals surface area contributed by atoms with Crippen molar-refractivity contribution >= 4 is 17.7 Å². The summed E-state index contributed by atoms with van der Waals surface area (Å²) in [6, 6.07) is 2.86. The van der Waals surface area contributed by atoms with E-state index >= 15 is 0 Å². The second-order valence-corrected chi connectivity index (χ2v) is 3.63. The molecule has 0 aliphatic rings. The van der Waals surface area contributed by atoms with E-state index in [1.165, 1.54) is 0 Å². The van der Waals surface area contributed by atoms with Crippen molar-refractivity contribution in [3.63, 3.8) is 0 Å². The van der Waals surface area contributed by atoms with E-state index in [-0.39, 0.29) is 10.5 Å². The number of amides is 1. The standard InChI is InChI=1S/C9H8F3NOS/c1-15-7-4-5(9(10,11)12)2-3-6(7)8(13)14/h2-4H,1H3,(H2,13,14). The van der Waals surface area contributed by atoms with Gasteiger partial charge in [-0.1, -0.05) is 0 Å². The monoisotopic (exact) mass is 235 g/mol. The number of primary amides is 1. The second kappa shape index (κ2) is 4.14. The molecule has 0 radical (unpaired) electrons. The Labute approximate surface area is 88.6 Å². The second-order valence-electron chi connectivity index (χ2n) is 2.78. The van der Waals surface area contributed by atoms with Gasteiger partial charge in [-0.25, -0.2) is 0 Å². The summed E-state index contributed by atoms with van der Waals surface area (Å²) in [4.78, 5) is 11.1. The number of hydrogen-bond donors (Lipinski definition) is 1. The molecule has 1 aromatic rings. The molecule has 1 rings (SSSR count). The van der Waals surface area contributed by atoms with Crippen LogP contribution < -0.4 is 5.73 Å². The summed E-state index contributed by atoms with van der Waals surface area (Å²) in [5.74, 6) is -0.729. The van der Waals surface area contributed by atoms with Gasteiger partial charge in [-0.2, -0.15) is 13.2 Å². The topological polar surface area (TPSA) is 43.1 Å². The first kappa shape index (κ1) is 11.9. The van der Waals surface area contributed by atoms with E-state index in [1.807, 2.05) is 0 Å². The normalized spacial score (nSPS) is 11.5. The zero-order chi connectivity index (χ0) is 11.6. The van der Waals surface area contributed by atoms with Gasteiger partial charge in [0.1, 0.15) is 0 Å². The molecule has 0 spiro atoms. The van der Waals surface area contributed by atoms with E-state index in [1.54, 1.807) is 6.26 Å². The summed E-state index contributed by atoms with van der Waals surface area (Å²) < 4.78 is 36.9. The molecule has 1 amide bonds. The zero-order valence-corrected chi connectivity index (χ0v) is 8.58. The highest BCUT2D eigenvalue weighted by molar-refractivity contribution is 7.98. The van der Waals surface area contributed by atoms with Crippen LogP contribution in [0.4, 0.5) is 13.2 Å². The molecule has 0 fully saturated rings. The number of nitrogens with two attached hydrogens (primary N) is 1. The van der Waals surface area contributed by atoms with Gasteiger partial charge in [0.15, 0.2) is 0 Å². The van der Waals surface area contributed by atoms with Gasteiger partial charge >= 0.3 is 6.18 Å². The Morgan fingerprint density at radius 3 is 2.40 bits per heavy atom. The molecule has 0 aromatic heterocycles. The van der Waals surface area contributed by atoms with Gasteiger partial charge in [-0.05, 0) is 24.5 Å². The van der Waals surface area contributed by atoms with Gasteiger partial charge in [0.2, 0.25) is 5.91 Å². The first-order valence-corrected chi connectivity index (χ1v) is 5.13. The smallest absolute Gasteiger partial charge is 0.366 e. The molecule has 0 aliphatic heterocycles. The summed E-state index contributed by atoms with van der Waals surface area (Å²) >= 11 is 1.05. The van der Waals surface area contributed by atoms with Crippen LogP contribution in [-0.4, -0.2) is 12.2 Å². The maximum Gasteiger partial charge on any atom is 0.416 e. The molecule has 0 heterocycles. The van der Waals surface area contributed by atoms with Gasteiger partial charge in [-0.3, -0.25) is 4.79 Å². The molecule has 0 unspecified atom stereocenters. The van der Waals surface area contributed by atoms with Gasteiger partial charge in [0.25, 0.3) is 0 Å². The molecular weight excluding hydrogens is 227 g/mol. The van der Waals surface area contributed by atoms with E-state index in [0.717, 1.165) is 30.0 Å². The van der Waals surface area contributed by atoms with Crippen LogP contribution in [0.1, 0.15) is 15.9 Å². The molecule has 0 atom stereocenters. The highest BCUT2D eigenvalue weighted by Crippen LogP contribution is 2.32. The van der Waals surface area contributed by atoms with Gasteiger partial charge < -0.3 is 5.73 Å². The molecular formula is C9H8F3NOS. The Bertz CT molecular complexity index is 389. The highest BCUT2D eigenvalue weighted by Gasteiger charge is 2.31. The first-order valence-electron chi connectivity index (χ1n) is 3.91. The lowest BCUT2D eigenvalue weighted by atomic mass is 10.1. The van der Waals surface area contributed by atoms with Crippen LogP contribution in [0.2, 0.25) is 0 Å². The van der Waals surface area contributed by atoms with Gasteiger partial charge in [0, 0.05) is 4.90 Å². The van der Waals surface area contributed by atoms with Crippen LogP contribution in [0.3, 0.4) is 0 Å². The first-order chi connectivity index (χ1) is 6.86. The number of hydrogen-bond acceptors (Lipinski definition) is 2. The Balaban J connectivity index is 3.25. The molecule has 2 nitrogen and oxygen atoms in total. The van der Waals surface area contributed by atoms with Crippen molar-refractivity contribution in [1.82, 2.24) is 0 Å². The number of carbonyl (C=O) groups is 1. The summed E-state index contributed by atoms with van der Waals surface area (Å²) in [6.45, 7) is 0. The number of alkyl halides is 3. The lowest BCUT2D eigenvalue weighted by molar-refractivity contribution is -0.137. The number of halogens is 3. The lowest BCUT2D eigenvalue weighted by Gasteiger charge is -2.09. The van der Waals surface area contributed by atoms with Crippen molar-refractivity contribution in [3.05, 3.63) is 29.3 Å². The zero-order valence-electron chi connectivity index (χ0n) is 7.76. The lowest BCUT2D eigenvalue weighted by Crippen LogP contribution is -2.13. The third-order valence-electron chi connectivity index (χ3n) is 1.79. The quantitative estimate of drug-likeness (QED) is 0.800. The molecule has 82 valence electrons. The number of rotatable bonds is 2. The molecule has 0 saturated heterocycles. The molecule has 0 aliphatic carbocycles. The predicted molar refractivity (Wildman–Crippen MR) is 51.7 cm³/mol. The van der Waals surface area contributed by atoms with Gasteiger partial charge in [-0.15, -0.1) is 11.8 Å². The molecule has 1 aromatic carbocycles. The maximum atomic E-state index is 12.3. The largest absolute Gasteiger partial charge is 0.416 e. The third-order valence-corrected chi connectivity index (χ3v) is 2.57. The molecule has 15 heavy (non-hydrogen) atoms. The Morgan fingerprint density at radius 1 is 1.40 bits per heavy atom. The van der Waals surface area contributed by atoms with E-state index in [0.29, 0.717) is 0 Å². The minimum atomic E-state index is -4.40. The Hall–Kier alpha value is -1.17. The highest BCUT2D eigenvalue weighted by atomic mass is 32.2. The molecule has 0 saturated carbocycles. The van der Waals surface area contributed by atoms with E-state index < -0.39 is 17.6 Å². The van der Waals surface area contributed by atoms with Crippen molar-refractivity contribution < 1.29 is 18.0 Å². The number of carbonyl (C=O) groups excluding carboxylic acids is 1. The van der Waals surface area contributed by atoms with Crippen LogP contribution in [0, 0.1) is 0 Å². The number of benzene rings is 1. The average molecular weight is 235 g/mol. The van der Waals surface area contributed by atoms with Crippen molar-refractivity contribution in [2.45, 2.75) is 11.1 Å². The number of thioether (sulfide) groups is 1. The van der Waals surface area contributed by atoms with Crippen LogP contribution in [0.15, 0.2) is 23.1 Å². The summed E-state index contributed by atoms with van der Waals surface area (Å²) in [6.07, 6.45) is -2.82. The molecule has 2 N–H and O–H groups in total. The fourth-order valence-electron chi connectivity index (χ4n) is 1.07. The molecule has 6 heteroatoms. The Morgan fingerprint density at radius 2 is 2.00 bits per heavy atom. The van der Waals surface area contributed by atoms with Gasteiger partial charge in [0.05, 0.1) is 11.1 Å². The SMILES string of the molecule is CSc1cc(C(F)(F)F)ccc1C(N)=O. The van der Waals surface area contributed by atoms with E-state index in [9.17, 15) is 18.0 Å². The Kier molecular flexibility index (Phi) is 3.28. The van der Waals surface area contributed by atoms with Crippen molar-refractivity contribution in [2.24, 2.45) is 5.73 Å². The molecule has 0 bridgehead atoms. The van der Waals surface area contributed by atoms with Crippen LogP contribution in [0.25, 0.3) is 0 Å². The maximum absolute atomic E-state index is 12.3. The van der Waals surface area contributed by atoms with Crippen molar-refractivity contribution in [1.29, 1.82) is 0 Å². The van der Waals surface area contributed by atoms with Crippen LogP contribution in [0.5, 0.6) is 0 Å². The van der Waals surface area contributed by atoms with Crippen molar-refractivity contribution in [2.75, 3.05) is 6.26 Å². The summed E-state index contributed by atoms with van der Waals surface area (Å²) in [5, 5.41) is 0. The fraction of sp³-hybridized carbons (Fsp3) is 0.222.